The summed E-state index contributed by atoms with van der Waals surface area (Å²) in [6.45, 7) is 7.13. The summed E-state index contributed by atoms with van der Waals surface area (Å²) in [5.74, 6) is 1.57. The Hall–Kier alpha value is -0.530. The topological polar surface area (TPSA) is 12.0 Å². The Kier molecular flexibility index (Phi) is 5.14. The van der Waals surface area contributed by atoms with Gasteiger partial charge in [0.15, 0.2) is 0 Å². The second kappa shape index (κ2) is 6.49. The molecule has 0 saturated heterocycles. The first-order valence-corrected chi connectivity index (χ1v) is 8.23. The third kappa shape index (κ3) is 3.56. The lowest BCUT2D eigenvalue weighted by Gasteiger charge is -2.39. The first-order chi connectivity index (χ1) is 9.43. The van der Waals surface area contributed by atoms with E-state index in [1.807, 2.05) is 12.1 Å². The minimum atomic E-state index is 0.393. The highest BCUT2D eigenvalue weighted by Gasteiger charge is 2.33. The van der Waals surface area contributed by atoms with Crippen LogP contribution >= 0.6 is 11.6 Å². The standard InChI is InChI=1S/C18H28ClN/c1-18(2,3)14-11-9-13(10-12-14)17(20-4)15-7-5-6-8-16(15)19/h5-8,13-14,17,20H,9-12H2,1-4H3. The average Bonchev–Trinajstić information content (AvgIpc) is 2.41. The molecule has 1 saturated carbocycles. The van der Waals surface area contributed by atoms with E-state index in [2.05, 4.69) is 45.3 Å². The van der Waals surface area contributed by atoms with Crippen LogP contribution in [0.15, 0.2) is 24.3 Å². The molecule has 2 heteroatoms. The van der Waals surface area contributed by atoms with E-state index in [4.69, 9.17) is 11.6 Å². The van der Waals surface area contributed by atoms with Crippen LogP contribution in [0.4, 0.5) is 0 Å². The molecule has 20 heavy (non-hydrogen) atoms. The molecular formula is C18H28ClN. The molecule has 0 bridgehead atoms. The molecule has 0 amide bonds. The molecule has 1 atom stereocenters. The molecule has 1 aromatic carbocycles. The van der Waals surface area contributed by atoms with Gasteiger partial charge < -0.3 is 5.32 Å². The van der Waals surface area contributed by atoms with Gasteiger partial charge in [0.25, 0.3) is 0 Å². The Morgan fingerprint density at radius 2 is 1.70 bits per heavy atom. The van der Waals surface area contributed by atoms with Crippen LogP contribution in [0.25, 0.3) is 0 Å². The van der Waals surface area contributed by atoms with Crippen LogP contribution in [0.2, 0.25) is 5.02 Å². The lowest BCUT2D eigenvalue weighted by molar-refractivity contribution is 0.134. The van der Waals surface area contributed by atoms with Gasteiger partial charge in [-0.2, -0.15) is 0 Å². The summed E-state index contributed by atoms with van der Waals surface area (Å²) in [5.41, 5.74) is 1.71. The van der Waals surface area contributed by atoms with E-state index in [-0.39, 0.29) is 0 Å². The third-order valence-corrected chi connectivity index (χ3v) is 5.36. The molecular weight excluding hydrogens is 266 g/mol. The second-order valence-corrected chi connectivity index (χ2v) is 7.67. The number of hydrogen-bond acceptors (Lipinski definition) is 1. The van der Waals surface area contributed by atoms with Crippen molar-refractivity contribution < 1.29 is 0 Å². The van der Waals surface area contributed by atoms with Crippen molar-refractivity contribution in [2.45, 2.75) is 52.5 Å². The predicted octanol–water partition coefficient (Wildman–Crippen LogP) is 5.45. The largest absolute Gasteiger partial charge is 0.313 e. The van der Waals surface area contributed by atoms with Gasteiger partial charge in [-0.25, -0.2) is 0 Å². The minimum absolute atomic E-state index is 0.393. The Labute approximate surface area is 129 Å². The molecule has 1 fully saturated rings. The number of rotatable bonds is 3. The van der Waals surface area contributed by atoms with Gasteiger partial charge in [0.2, 0.25) is 0 Å². The van der Waals surface area contributed by atoms with Gasteiger partial charge >= 0.3 is 0 Å². The van der Waals surface area contributed by atoms with E-state index in [9.17, 15) is 0 Å². The third-order valence-electron chi connectivity index (χ3n) is 5.02. The fraction of sp³-hybridized carbons (Fsp3) is 0.667. The number of halogens is 1. The summed E-state index contributed by atoms with van der Waals surface area (Å²) in [4.78, 5) is 0. The summed E-state index contributed by atoms with van der Waals surface area (Å²) in [6.07, 6.45) is 5.30. The Balaban J connectivity index is 2.06. The first-order valence-electron chi connectivity index (χ1n) is 7.85. The summed E-state index contributed by atoms with van der Waals surface area (Å²) >= 11 is 6.38. The fourth-order valence-electron chi connectivity index (χ4n) is 3.69. The molecule has 1 aromatic rings. The highest BCUT2D eigenvalue weighted by atomic mass is 35.5. The molecule has 1 unspecified atom stereocenters. The summed E-state index contributed by atoms with van der Waals surface area (Å²) < 4.78 is 0. The van der Waals surface area contributed by atoms with Crippen LogP contribution in [-0.2, 0) is 0 Å². The number of benzene rings is 1. The Bertz CT molecular complexity index is 427. The molecule has 0 radical (unpaired) electrons. The van der Waals surface area contributed by atoms with Crippen LogP contribution in [0.1, 0.15) is 58.1 Å². The molecule has 0 heterocycles. The van der Waals surface area contributed by atoms with Crippen LogP contribution < -0.4 is 5.32 Å². The van der Waals surface area contributed by atoms with Crippen LogP contribution in [0, 0.1) is 17.3 Å². The quantitative estimate of drug-likeness (QED) is 0.781. The molecule has 0 aromatic heterocycles. The second-order valence-electron chi connectivity index (χ2n) is 7.27. The normalized spacial score (nSPS) is 25.4. The van der Waals surface area contributed by atoms with E-state index in [0.717, 1.165) is 10.9 Å². The zero-order chi connectivity index (χ0) is 14.8. The van der Waals surface area contributed by atoms with Gasteiger partial charge in [-0.3, -0.25) is 0 Å². The molecule has 1 aliphatic rings. The van der Waals surface area contributed by atoms with Gasteiger partial charge in [-0.05, 0) is 61.6 Å². The summed E-state index contributed by atoms with van der Waals surface area (Å²) in [7, 11) is 2.06. The van der Waals surface area contributed by atoms with Gasteiger partial charge in [-0.15, -0.1) is 0 Å². The SMILES string of the molecule is CNC(c1ccccc1Cl)C1CCC(C(C)(C)C)CC1. The number of hydrogen-bond donors (Lipinski definition) is 1. The fourth-order valence-corrected chi connectivity index (χ4v) is 3.94. The van der Waals surface area contributed by atoms with Crippen LogP contribution in [0.3, 0.4) is 0 Å². The van der Waals surface area contributed by atoms with Crippen LogP contribution in [-0.4, -0.2) is 7.05 Å². The Morgan fingerprint density at radius 3 is 2.20 bits per heavy atom. The number of nitrogens with one attached hydrogen (secondary N) is 1. The van der Waals surface area contributed by atoms with Gasteiger partial charge in [0.1, 0.15) is 0 Å². The lowest BCUT2D eigenvalue weighted by atomic mass is 9.68. The predicted molar refractivity (Wildman–Crippen MR) is 88.2 cm³/mol. The molecule has 1 N–H and O–H groups in total. The van der Waals surface area contributed by atoms with Crippen molar-refractivity contribution in [3.63, 3.8) is 0 Å². The highest BCUT2D eigenvalue weighted by molar-refractivity contribution is 6.31. The minimum Gasteiger partial charge on any atom is -0.313 e. The van der Waals surface area contributed by atoms with Gasteiger partial charge in [0.05, 0.1) is 0 Å². The van der Waals surface area contributed by atoms with E-state index in [1.54, 1.807) is 0 Å². The summed E-state index contributed by atoms with van der Waals surface area (Å²) in [5, 5.41) is 4.39. The molecule has 2 rings (SSSR count). The van der Waals surface area contributed by atoms with Gasteiger partial charge in [0, 0.05) is 11.1 Å². The van der Waals surface area contributed by atoms with E-state index in [1.165, 1.54) is 31.2 Å². The maximum atomic E-state index is 6.38. The van der Waals surface area contributed by atoms with Crippen molar-refractivity contribution in [1.29, 1.82) is 0 Å². The van der Waals surface area contributed by atoms with E-state index >= 15 is 0 Å². The van der Waals surface area contributed by atoms with Crippen molar-refractivity contribution in [2.24, 2.45) is 17.3 Å². The Morgan fingerprint density at radius 1 is 1.10 bits per heavy atom. The van der Waals surface area contributed by atoms with Crippen LogP contribution in [0.5, 0.6) is 0 Å². The maximum absolute atomic E-state index is 6.38. The van der Waals surface area contributed by atoms with Crippen molar-refractivity contribution >= 4 is 11.6 Å². The van der Waals surface area contributed by atoms with Crippen molar-refractivity contribution in [1.82, 2.24) is 5.32 Å². The van der Waals surface area contributed by atoms with Crippen molar-refractivity contribution in [3.05, 3.63) is 34.9 Å². The smallest absolute Gasteiger partial charge is 0.0453 e. The summed E-state index contributed by atoms with van der Waals surface area (Å²) in [6, 6.07) is 8.66. The molecule has 1 aliphatic carbocycles. The zero-order valence-corrected chi connectivity index (χ0v) is 14.0. The maximum Gasteiger partial charge on any atom is 0.0453 e. The average molecular weight is 294 g/mol. The van der Waals surface area contributed by atoms with Gasteiger partial charge in [-0.1, -0.05) is 50.6 Å². The highest BCUT2D eigenvalue weighted by Crippen LogP contribution is 2.44. The zero-order valence-electron chi connectivity index (χ0n) is 13.2. The molecule has 112 valence electrons. The van der Waals surface area contributed by atoms with E-state index in [0.29, 0.717) is 17.4 Å². The lowest BCUT2D eigenvalue weighted by Crippen LogP contribution is -2.32. The van der Waals surface area contributed by atoms with Crippen molar-refractivity contribution in [3.8, 4) is 0 Å². The van der Waals surface area contributed by atoms with Crippen molar-refractivity contribution in [2.75, 3.05) is 7.05 Å². The first kappa shape index (κ1) is 15.9. The monoisotopic (exact) mass is 293 g/mol. The molecule has 0 spiro atoms. The molecule has 1 nitrogen and oxygen atoms in total. The van der Waals surface area contributed by atoms with E-state index < -0.39 is 0 Å². The molecule has 0 aliphatic heterocycles.